The molecule has 12 nitrogen and oxygen atoms in total. The molecule has 0 aromatic heterocycles. The van der Waals surface area contributed by atoms with Gasteiger partial charge in [0.25, 0.3) is 5.91 Å². The number of rotatable bonds is 4. The summed E-state index contributed by atoms with van der Waals surface area (Å²) in [5, 5.41) is 2.77. The first-order valence-electron chi connectivity index (χ1n) is 10.5. The summed E-state index contributed by atoms with van der Waals surface area (Å²) in [4.78, 5) is 61.0. The smallest absolute Gasteiger partial charge is 0.303 e. The first-order chi connectivity index (χ1) is 16.1. The molecule has 1 aromatic rings. The molecule has 1 amide bonds. The highest BCUT2D eigenvalue weighted by Gasteiger charge is 2.60. The topological polar surface area (TPSA) is 153 Å². The first kappa shape index (κ1) is 23.3. The lowest BCUT2D eigenvalue weighted by atomic mass is 9.69. The monoisotopic (exact) mass is 477 g/mol. The molecule has 3 aliphatic rings. The van der Waals surface area contributed by atoms with Gasteiger partial charge in [0.15, 0.2) is 35.9 Å². The van der Waals surface area contributed by atoms with Crippen LogP contribution in [0.4, 0.5) is 0 Å². The number of hydrogen-bond acceptors (Lipinski definition) is 11. The fourth-order valence-corrected chi connectivity index (χ4v) is 4.71. The Hall–Kier alpha value is -3.83. The highest BCUT2D eigenvalue weighted by molar-refractivity contribution is 5.98. The van der Waals surface area contributed by atoms with Crippen LogP contribution in [-0.2, 0) is 38.1 Å². The van der Waals surface area contributed by atoms with Gasteiger partial charge in [-0.1, -0.05) is 0 Å². The largest absolute Gasteiger partial charge is 0.458 e. The maximum atomic E-state index is 13.0. The number of carbonyl (C=O) groups is 5. The van der Waals surface area contributed by atoms with Gasteiger partial charge in [-0.2, -0.15) is 0 Å². The van der Waals surface area contributed by atoms with Gasteiger partial charge in [-0.25, -0.2) is 0 Å². The van der Waals surface area contributed by atoms with Crippen molar-refractivity contribution < 1.29 is 52.4 Å². The van der Waals surface area contributed by atoms with E-state index < -0.39 is 66.2 Å². The third-order valence-corrected chi connectivity index (χ3v) is 5.72. The van der Waals surface area contributed by atoms with Gasteiger partial charge in [-0.15, -0.1) is 0 Å². The minimum Gasteiger partial charge on any atom is -0.458 e. The van der Waals surface area contributed by atoms with E-state index in [4.69, 9.17) is 28.4 Å². The number of benzene rings is 1. The van der Waals surface area contributed by atoms with Crippen molar-refractivity contribution in [1.82, 2.24) is 5.32 Å². The molecule has 34 heavy (non-hydrogen) atoms. The Balaban J connectivity index is 1.91. The third kappa shape index (κ3) is 4.22. The van der Waals surface area contributed by atoms with Crippen LogP contribution in [0, 0.1) is 0 Å². The van der Waals surface area contributed by atoms with E-state index in [2.05, 4.69) is 5.32 Å². The molecule has 0 radical (unpaired) electrons. The quantitative estimate of drug-likeness (QED) is 0.472. The summed E-state index contributed by atoms with van der Waals surface area (Å²) >= 11 is 0. The minimum absolute atomic E-state index is 0.0397. The van der Waals surface area contributed by atoms with Crippen molar-refractivity contribution in [1.29, 1.82) is 0 Å². The molecular weight excluding hydrogens is 454 g/mol. The van der Waals surface area contributed by atoms with Crippen LogP contribution >= 0.6 is 0 Å². The second-order valence-electron chi connectivity index (χ2n) is 8.11. The molecule has 12 heteroatoms. The average Bonchev–Trinajstić information content (AvgIpc) is 3.18. The van der Waals surface area contributed by atoms with E-state index in [1.807, 2.05) is 0 Å². The summed E-state index contributed by atoms with van der Waals surface area (Å²) in [5.74, 6) is -3.57. The Morgan fingerprint density at radius 2 is 1.24 bits per heavy atom. The molecule has 182 valence electrons. The van der Waals surface area contributed by atoms with Crippen LogP contribution in [0.15, 0.2) is 12.1 Å². The van der Waals surface area contributed by atoms with Crippen molar-refractivity contribution >= 4 is 29.8 Å². The molecule has 2 heterocycles. The van der Waals surface area contributed by atoms with E-state index in [9.17, 15) is 24.0 Å². The van der Waals surface area contributed by atoms with Crippen LogP contribution in [0.5, 0.6) is 11.5 Å². The lowest BCUT2D eigenvalue weighted by Crippen LogP contribution is -2.69. The van der Waals surface area contributed by atoms with E-state index in [1.165, 1.54) is 13.0 Å². The van der Waals surface area contributed by atoms with Crippen molar-refractivity contribution in [3.05, 3.63) is 23.3 Å². The Labute approximate surface area is 193 Å². The number of esters is 4. The van der Waals surface area contributed by atoms with Gasteiger partial charge in [0.1, 0.15) is 0 Å². The summed E-state index contributed by atoms with van der Waals surface area (Å²) in [6.45, 7) is 4.54. The van der Waals surface area contributed by atoms with Crippen LogP contribution < -0.4 is 14.8 Å². The average molecular weight is 477 g/mol. The first-order valence-corrected chi connectivity index (χ1v) is 10.5. The van der Waals surface area contributed by atoms with Crippen LogP contribution in [-0.4, -0.2) is 67.0 Å². The summed E-state index contributed by atoms with van der Waals surface area (Å²) in [6.07, 6.45) is -5.18. The molecule has 0 spiro atoms. The van der Waals surface area contributed by atoms with Crippen molar-refractivity contribution in [3.8, 4) is 11.5 Å². The fourth-order valence-electron chi connectivity index (χ4n) is 4.71. The number of ether oxygens (including phenoxy) is 6. The van der Waals surface area contributed by atoms with Gasteiger partial charge in [-0.05, 0) is 17.7 Å². The molecule has 1 aromatic carbocycles. The van der Waals surface area contributed by atoms with Crippen molar-refractivity contribution in [3.63, 3.8) is 0 Å². The number of amides is 1. The molecule has 0 saturated heterocycles. The maximum absolute atomic E-state index is 13.0. The lowest BCUT2D eigenvalue weighted by Gasteiger charge is -2.50. The molecule has 4 rings (SSSR count). The summed E-state index contributed by atoms with van der Waals surface area (Å²) in [6, 6.07) is 2.07. The molecule has 2 aliphatic heterocycles. The standard InChI is InChI=1S/C22H23NO11/c1-8(24)31-18-16-12-5-14-15(30-7-29-14)6-13(12)22(28)23-17(16)19(32-9(2)25)21(34-11(4)27)20(18)33-10(3)26/h5-6,16-21H,7H2,1-4H3,(H,23,28)/t16-,17-,18-,19-,20-,21+/m1/s1. The zero-order valence-corrected chi connectivity index (χ0v) is 18.8. The molecule has 6 atom stereocenters. The number of carbonyl (C=O) groups excluding carboxylic acids is 5. The molecule has 1 saturated carbocycles. The van der Waals surface area contributed by atoms with Gasteiger partial charge in [-0.3, -0.25) is 24.0 Å². The van der Waals surface area contributed by atoms with Gasteiger partial charge in [0.2, 0.25) is 6.79 Å². The van der Waals surface area contributed by atoms with E-state index >= 15 is 0 Å². The van der Waals surface area contributed by atoms with Crippen LogP contribution in [0.3, 0.4) is 0 Å². The van der Waals surface area contributed by atoms with E-state index in [1.54, 1.807) is 6.07 Å². The van der Waals surface area contributed by atoms with Crippen molar-refractivity contribution in [2.45, 2.75) is 64.1 Å². The fraction of sp³-hybridized carbons (Fsp3) is 0.500. The van der Waals surface area contributed by atoms with Crippen molar-refractivity contribution in [2.75, 3.05) is 6.79 Å². The number of hydrogen-bond donors (Lipinski definition) is 1. The molecule has 1 fully saturated rings. The maximum Gasteiger partial charge on any atom is 0.303 e. The van der Waals surface area contributed by atoms with Gasteiger partial charge < -0.3 is 33.7 Å². The van der Waals surface area contributed by atoms with Gasteiger partial charge >= 0.3 is 23.9 Å². The van der Waals surface area contributed by atoms with Crippen LogP contribution in [0.25, 0.3) is 0 Å². The zero-order chi connectivity index (χ0) is 24.7. The third-order valence-electron chi connectivity index (χ3n) is 5.72. The Kier molecular flexibility index (Phi) is 6.07. The Bertz CT molecular complexity index is 1070. The molecular formula is C22H23NO11. The van der Waals surface area contributed by atoms with E-state index in [0.717, 1.165) is 20.8 Å². The molecule has 1 N–H and O–H groups in total. The highest BCUT2D eigenvalue weighted by atomic mass is 16.7. The predicted molar refractivity (Wildman–Crippen MR) is 109 cm³/mol. The SMILES string of the molecule is CC(=O)O[C@@H]1[C@H](OC(C)=O)[C@H](OC(C)=O)[C@@H]2c3cc4c(cc3C(=O)N[C@H]2[C@H]1OC(C)=O)OCO4. The minimum atomic E-state index is -1.37. The molecule has 1 aliphatic carbocycles. The zero-order valence-electron chi connectivity index (χ0n) is 18.8. The second kappa shape index (κ2) is 8.84. The highest BCUT2D eigenvalue weighted by Crippen LogP contribution is 2.47. The Morgan fingerprint density at radius 3 is 1.79 bits per heavy atom. The normalized spacial score (nSPS) is 28.5. The van der Waals surface area contributed by atoms with Crippen LogP contribution in [0.2, 0.25) is 0 Å². The summed E-state index contributed by atoms with van der Waals surface area (Å²) < 4.78 is 32.7. The summed E-state index contributed by atoms with van der Waals surface area (Å²) in [5.41, 5.74) is 0.622. The van der Waals surface area contributed by atoms with Gasteiger partial charge in [0.05, 0.1) is 6.04 Å². The molecule has 0 bridgehead atoms. The molecule has 0 unspecified atom stereocenters. The lowest BCUT2D eigenvalue weighted by molar-refractivity contribution is -0.217. The van der Waals surface area contributed by atoms with E-state index in [0.29, 0.717) is 17.1 Å². The van der Waals surface area contributed by atoms with Crippen molar-refractivity contribution in [2.24, 2.45) is 0 Å². The predicted octanol–water partition coefficient (Wildman–Crippen LogP) is 0.351. The summed E-state index contributed by atoms with van der Waals surface area (Å²) in [7, 11) is 0. The van der Waals surface area contributed by atoms with Gasteiger partial charge in [0, 0.05) is 39.2 Å². The second-order valence-corrected chi connectivity index (χ2v) is 8.11. The number of nitrogens with one attached hydrogen (secondary N) is 1. The Morgan fingerprint density at radius 1 is 0.765 bits per heavy atom. The van der Waals surface area contributed by atoms with E-state index in [-0.39, 0.29) is 12.4 Å². The van der Waals surface area contributed by atoms with Crippen LogP contribution in [0.1, 0.15) is 49.5 Å². The number of fused-ring (bicyclic) bond motifs is 4.